The van der Waals surface area contributed by atoms with Crippen molar-refractivity contribution < 1.29 is 9.84 Å². The highest BCUT2D eigenvalue weighted by Gasteiger charge is 1.99. The summed E-state index contributed by atoms with van der Waals surface area (Å²) >= 11 is 0. The minimum Gasteiger partial charge on any atom is -0.497 e. The van der Waals surface area contributed by atoms with Crippen LogP contribution >= 0.6 is 0 Å². The van der Waals surface area contributed by atoms with E-state index in [1.54, 1.807) is 7.11 Å². The first-order valence-corrected chi connectivity index (χ1v) is 6.25. The van der Waals surface area contributed by atoms with Gasteiger partial charge < -0.3 is 20.1 Å². The van der Waals surface area contributed by atoms with Gasteiger partial charge in [-0.1, -0.05) is 24.3 Å². The van der Waals surface area contributed by atoms with Crippen molar-refractivity contribution >= 4 is 0 Å². The van der Waals surface area contributed by atoms with Crippen LogP contribution in [0.2, 0.25) is 0 Å². The smallest absolute Gasteiger partial charge is 0.131 e. The highest BCUT2D eigenvalue weighted by Crippen LogP contribution is 2.06. The van der Waals surface area contributed by atoms with Crippen LogP contribution in [0.15, 0.2) is 36.1 Å². The summed E-state index contributed by atoms with van der Waals surface area (Å²) in [6.45, 7) is 8.32. The van der Waals surface area contributed by atoms with Crippen LogP contribution in [-0.4, -0.2) is 43.8 Å². The number of likely N-dealkylation sites (N-methyl/N-ethyl adjacent to an activating group) is 1. The first kappa shape index (κ1) is 17.1. The fraction of sp³-hybridized carbons (Fsp3) is 0.467. The Labute approximate surface area is 116 Å². The summed E-state index contributed by atoms with van der Waals surface area (Å²) in [5, 5.41) is 11.1. The van der Waals surface area contributed by atoms with Gasteiger partial charge in [0.05, 0.1) is 7.11 Å². The van der Waals surface area contributed by atoms with E-state index in [-0.39, 0.29) is 0 Å². The molecule has 0 aliphatic rings. The number of methoxy groups -OCH3 is 1. The molecule has 0 spiro atoms. The minimum absolute atomic E-state index is 0.652. The second kappa shape index (κ2) is 11.2. The number of aliphatic hydroxyl groups is 1. The van der Waals surface area contributed by atoms with E-state index in [1.807, 2.05) is 25.2 Å². The van der Waals surface area contributed by atoms with Gasteiger partial charge >= 0.3 is 0 Å². The van der Waals surface area contributed by atoms with Crippen LogP contribution in [0, 0.1) is 12.2 Å². The van der Waals surface area contributed by atoms with Crippen LogP contribution in [0.25, 0.3) is 0 Å². The Kier molecular flexibility index (Phi) is 10.1. The topological polar surface area (TPSA) is 44.7 Å². The molecule has 0 saturated heterocycles. The number of hydrogen-bond donors (Lipinski definition) is 2. The van der Waals surface area contributed by atoms with Crippen LogP contribution in [0.4, 0.5) is 0 Å². The predicted octanol–water partition coefficient (Wildman–Crippen LogP) is 1.85. The van der Waals surface area contributed by atoms with Gasteiger partial charge in [0.15, 0.2) is 0 Å². The Morgan fingerprint density at radius 1 is 1.42 bits per heavy atom. The van der Waals surface area contributed by atoms with Gasteiger partial charge in [-0.2, -0.15) is 0 Å². The number of rotatable bonds is 9. The van der Waals surface area contributed by atoms with Gasteiger partial charge in [0.25, 0.3) is 0 Å². The number of aliphatic hydroxyl groups excluding tert-OH is 1. The van der Waals surface area contributed by atoms with Gasteiger partial charge in [-0.25, -0.2) is 0 Å². The average Bonchev–Trinajstić information content (AvgIpc) is 2.43. The van der Waals surface area contributed by atoms with Crippen molar-refractivity contribution in [2.75, 3.05) is 33.8 Å². The second-order valence-corrected chi connectivity index (χ2v) is 4.08. The fourth-order valence-corrected chi connectivity index (χ4v) is 1.37. The largest absolute Gasteiger partial charge is 0.497 e. The summed E-state index contributed by atoms with van der Waals surface area (Å²) in [6, 6.07) is 2.40. The normalized spacial score (nSPS) is 11.3. The lowest BCUT2D eigenvalue weighted by Gasteiger charge is -2.16. The monoisotopic (exact) mass is 264 g/mol. The first-order chi connectivity index (χ1) is 9.13. The van der Waals surface area contributed by atoms with Crippen molar-refractivity contribution in [1.82, 2.24) is 10.2 Å². The molecule has 0 unspecified atom stereocenters. The molecular formula is C15H24N2O2. The summed E-state index contributed by atoms with van der Waals surface area (Å²) in [7, 11) is 3.66. The third-order valence-electron chi connectivity index (χ3n) is 2.66. The molecule has 0 rings (SSSR count). The molecule has 0 fully saturated rings. The molecule has 0 saturated carbocycles. The van der Waals surface area contributed by atoms with Crippen LogP contribution < -0.4 is 5.32 Å². The highest BCUT2D eigenvalue weighted by atomic mass is 16.5. The third kappa shape index (κ3) is 9.81. The second-order valence-electron chi connectivity index (χ2n) is 4.08. The molecule has 4 nitrogen and oxygen atoms in total. The Morgan fingerprint density at radius 3 is 2.74 bits per heavy atom. The zero-order chi connectivity index (χ0) is 14.5. The van der Waals surface area contributed by atoms with Gasteiger partial charge in [0, 0.05) is 25.7 Å². The molecule has 0 aromatic heterocycles. The van der Waals surface area contributed by atoms with Crippen LogP contribution in [-0.2, 0) is 4.74 Å². The lowest BCUT2D eigenvalue weighted by Crippen LogP contribution is -2.28. The number of allylic oxidation sites excluding steroid dienone is 3. The summed E-state index contributed by atoms with van der Waals surface area (Å²) in [5.41, 5.74) is 1.24. The zero-order valence-corrected chi connectivity index (χ0v) is 12.1. The van der Waals surface area contributed by atoms with Crippen molar-refractivity contribution in [3.63, 3.8) is 0 Å². The van der Waals surface area contributed by atoms with Crippen molar-refractivity contribution in [2.24, 2.45) is 0 Å². The summed E-state index contributed by atoms with van der Waals surface area (Å²) in [6.07, 6.45) is 8.76. The Morgan fingerprint density at radius 2 is 2.16 bits per heavy atom. The van der Waals surface area contributed by atoms with Gasteiger partial charge in [0.2, 0.25) is 0 Å². The van der Waals surface area contributed by atoms with E-state index in [0.29, 0.717) is 5.76 Å². The molecule has 106 valence electrons. The fourth-order valence-electron chi connectivity index (χ4n) is 1.37. The molecule has 0 aliphatic heterocycles. The summed E-state index contributed by atoms with van der Waals surface area (Å²) in [4.78, 5) is 2.20. The quantitative estimate of drug-likeness (QED) is 0.219. The number of ether oxygens (including phenoxy) is 1. The van der Waals surface area contributed by atoms with E-state index >= 15 is 0 Å². The molecule has 0 bridgehead atoms. The molecule has 19 heavy (non-hydrogen) atoms. The molecular weight excluding hydrogens is 240 g/mol. The standard InChI is InChI=1S/C15H24N2O2/c1-5-15(7-6-14(2)19-4)8-11-17(3)12-9-16-10-13-18/h5-7,16,18H,2,8-9,11-12H2,1,3-4H3/b7-6-,15-5+. The maximum atomic E-state index is 8.29. The Hall–Kier alpha value is -1.86. The van der Waals surface area contributed by atoms with E-state index in [2.05, 4.69) is 36.0 Å². The molecule has 2 N–H and O–H groups in total. The first-order valence-electron chi connectivity index (χ1n) is 6.25. The van der Waals surface area contributed by atoms with Crippen molar-refractivity contribution in [1.29, 1.82) is 0 Å². The van der Waals surface area contributed by atoms with Crippen molar-refractivity contribution in [2.45, 2.75) is 13.3 Å². The van der Waals surface area contributed by atoms with Crippen LogP contribution in [0.1, 0.15) is 13.3 Å². The van der Waals surface area contributed by atoms with Gasteiger partial charge in [-0.05, 0) is 26.5 Å². The molecule has 0 aliphatic carbocycles. The van der Waals surface area contributed by atoms with E-state index in [9.17, 15) is 0 Å². The van der Waals surface area contributed by atoms with Crippen LogP contribution in [0.3, 0.4) is 0 Å². The third-order valence-corrected chi connectivity index (χ3v) is 2.66. The molecule has 0 aromatic carbocycles. The molecule has 0 amide bonds. The maximum Gasteiger partial charge on any atom is 0.131 e. The number of nitrogens with one attached hydrogen (secondary N) is 1. The summed E-state index contributed by atoms with van der Waals surface area (Å²) in [5.74, 6) is 0.652. The molecule has 0 heterocycles. The molecule has 0 aromatic rings. The lowest BCUT2D eigenvalue weighted by molar-refractivity contribution is 0.308. The van der Waals surface area contributed by atoms with Gasteiger partial charge in [-0.15, -0.1) is 0 Å². The van der Waals surface area contributed by atoms with E-state index in [4.69, 9.17) is 9.84 Å². The van der Waals surface area contributed by atoms with Crippen molar-refractivity contribution in [3.05, 3.63) is 36.1 Å². The highest BCUT2D eigenvalue weighted by molar-refractivity contribution is 5.23. The molecule has 0 radical (unpaired) electrons. The number of hydrogen-bond acceptors (Lipinski definition) is 4. The lowest BCUT2D eigenvalue weighted by atomic mass is 10.1. The van der Waals surface area contributed by atoms with Crippen molar-refractivity contribution in [3.8, 4) is 12.2 Å². The zero-order valence-electron chi connectivity index (χ0n) is 12.1. The predicted molar refractivity (Wildman–Crippen MR) is 78.9 cm³/mol. The van der Waals surface area contributed by atoms with E-state index in [0.717, 1.165) is 26.1 Å². The average molecular weight is 264 g/mol. The van der Waals surface area contributed by atoms with E-state index in [1.165, 1.54) is 5.57 Å². The molecule has 4 heteroatoms. The minimum atomic E-state index is 0.652. The maximum absolute atomic E-state index is 8.29. The van der Waals surface area contributed by atoms with Gasteiger partial charge in [0.1, 0.15) is 11.9 Å². The molecule has 0 atom stereocenters. The van der Waals surface area contributed by atoms with Gasteiger partial charge in [-0.3, -0.25) is 0 Å². The summed E-state index contributed by atoms with van der Waals surface area (Å²) < 4.78 is 4.99. The Balaban J connectivity index is 3.96. The Bertz CT molecular complexity index is 375. The SMILES string of the molecule is C=C(/C=C\C(=C/C)CCN(C)CCNC#CO)OC. The number of nitrogens with zero attached hydrogens (tertiary/aromatic N) is 1. The van der Waals surface area contributed by atoms with E-state index < -0.39 is 0 Å². The van der Waals surface area contributed by atoms with Crippen LogP contribution in [0.5, 0.6) is 0 Å².